The molecule has 2 rings (SSSR count). The highest BCUT2D eigenvalue weighted by Crippen LogP contribution is 2.24. The van der Waals surface area contributed by atoms with Gasteiger partial charge in [0.1, 0.15) is 0 Å². The van der Waals surface area contributed by atoms with Gasteiger partial charge in [-0.1, -0.05) is 12.1 Å². The van der Waals surface area contributed by atoms with Gasteiger partial charge in [0.05, 0.1) is 17.4 Å². The third-order valence-electron chi connectivity index (χ3n) is 3.34. The van der Waals surface area contributed by atoms with Crippen molar-refractivity contribution in [1.29, 1.82) is 0 Å². The lowest BCUT2D eigenvalue weighted by Gasteiger charge is -2.34. The average molecular weight is 299 g/mol. The summed E-state index contributed by atoms with van der Waals surface area (Å²) < 4.78 is 31.9. The predicted octanol–water partition coefficient (Wildman–Crippen LogP) is 0.769. The van der Waals surface area contributed by atoms with Gasteiger partial charge in [-0.25, -0.2) is 13.1 Å². The Morgan fingerprint density at radius 1 is 1.35 bits per heavy atom. The Labute approximate surface area is 117 Å². The monoisotopic (exact) mass is 299 g/mol. The molecule has 1 fully saturated rings. The van der Waals surface area contributed by atoms with Gasteiger partial charge in [0.25, 0.3) is 0 Å². The molecule has 0 radical (unpaired) electrons. The first kappa shape index (κ1) is 15.0. The number of aliphatic carboxylic acids is 1. The summed E-state index contributed by atoms with van der Waals surface area (Å²) in [5.74, 6) is -0.946. The standard InChI is InChI=1S/C13H17NO5S/c1-19-11-7-10(8-11)14-20(17,18)12-4-2-9(3-5-12)6-13(15)16/h2-5,10-11,14H,6-8H2,1H3,(H,15,16). The third-order valence-corrected chi connectivity index (χ3v) is 4.88. The highest BCUT2D eigenvalue weighted by Gasteiger charge is 2.32. The number of hydrogen-bond acceptors (Lipinski definition) is 4. The molecular formula is C13H17NO5S. The van der Waals surface area contributed by atoms with Crippen molar-refractivity contribution in [3.05, 3.63) is 29.8 Å². The molecule has 0 bridgehead atoms. The van der Waals surface area contributed by atoms with Crippen LogP contribution < -0.4 is 4.72 Å². The Balaban J connectivity index is 2.01. The van der Waals surface area contributed by atoms with E-state index in [4.69, 9.17) is 9.84 Å². The van der Waals surface area contributed by atoms with Crippen LogP contribution in [-0.2, 0) is 26.0 Å². The number of carboxylic acid groups (broad SMARTS) is 1. The van der Waals surface area contributed by atoms with Gasteiger partial charge in [0.15, 0.2) is 0 Å². The number of carboxylic acids is 1. The molecule has 1 saturated carbocycles. The summed E-state index contributed by atoms with van der Waals surface area (Å²) >= 11 is 0. The molecule has 6 nitrogen and oxygen atoms in total. The summed E-state index contributed by atoms with van der Waals surface area (Å²) in [5, 5.41) is 8.66. The van der Waals surface area contributed by atoms with Crippen LogP contribution in [0.2, 0.25) is 0 Å². The smallest absolute Gasteiger partial charge is 0.307 e. The van der Waals surface area contributed by atoms with Gasteiger partial charge >= 0.3 is 5.97 Å². The highest BCUT2D eigenvalue weighted by molar-refractivity contribution is 7.89. The van der Waals surface area contributed by atoms with Gasteiger partial charge in [-0.2, -0.15) is 0 Å². The van der Waals surface area contributed by atoms with Crippen molar-refractivity contribution < 1.29 is 23.1 Å². The number of benzene rings is 1. The second kappa shape index (κ2) is 5.90. The summed E-state index contributed by atoms with van der Waals surface area (Å²) in [6.07, 6.45) is 1.35. The molecule has 110 valence electrons. The van der Waals surface area contributed by atoms with Crippen LogP contribution in [-0.4, -0.2) is 38.7 Å². The molecule has 0 unspecified atom stereocenters. The fourth-order valence-corrected chi connectivity index (χ4v) is 3.36. The molecule has 0 saturated heterocycles. The van der Waals surface area contributed by atoms with E-state index < -0.39 is 16.0 Å². The van der Waals surface area contributed by atoms with Crippen LogP contribution in [0.5, 0.6) is 0 Å². The third kappa shape index (κ3) is 3.56. The van der Waals surface area contributed by atoms with Gasteiger partial charge in [0, 0.05) is 13.2 Å². The minimum atomic E-state index is -3.55. The van der Waals surface area contributed by atoms with E-state index in [0.29, 0.717) is 18.4 Å². The van der Waals surface area contributed by atoms with Crippen LogP contribution in [0.4, 0.5) is 0 Å². The van der Waals surface area contributed by atoms with Gasteiger partial charge in [-0.3, -0.25) is 4.79 Å². The minimum Gasteiger partial charge on any atom is -0.481 e. The van der Waals surface area contributed by atoms with Crippen molar-refractivity contribution in [2.45, 2.75) is 36.3 Å². The lowest BCUT2D eigenvalue weighted by Crippen LogP contribution is -2.47. The van der Waals surface area contributed by atoms with Crippen molar-refractivity contribution in [1.82, 2.24) is 4.72 Å². The summed E-state index contributed by atoms with van der Waals surface area (Å²) in [4.78, 5) is 10.7. The van der Waals surface area contributed by atoms with E-state index in [1.165, 1.54) is 24.3 Å². The molecule has 0 heterocycles. The first-order chi connectivity index (χ1) is 9.40. The molecule has 0 atom stereocenters. The molecular weight excluding hydrogens is 282 g/mol. The second-order valence-corrected chi connectivity index (χ2v) is 6.58. The quantitative estimate of drug-likeness (QED) is 0.809. The fraction of sp³-hybridized carbons (Fsp3) is 0.462. The molecule has 20 heavy (non-hydrogen) atoms. The Morgan fingerprint density at radius 3 is 2.45 bits per heavy atom. The molecule has 1 aromatic rings. The van der Waals surface area contributed by atoms with Gasteiger partial charge < -0.3 is 9.84 Å². The van der Waals surface area contributed by atoms with E-state index in [2.05, 4.69) is 4.72 Å². The van der Waals surface area contributed by atoms with E-state index >= 15 is 0 Å². The van der Waals surface area contributed by atoms with Gasteiger partial charge in [0.2, 0.25) is 10.0 Å². The maximum Gasteiger partial charge on any atom is 0.307 e. The van der Waals surface area contributed by atoms with E-state index in [1.807, 2.05) is 0 Å². The Morgan fingerprint density at radius 2 is 1.95 bits per heavy atom. The van der Waals surface area contributed by atoms with E-state index in [0.717, 1.165) is 0 Å². The maximum atomic E-state index is 12.1. The fourth-order valence-electron chi connectivity index (χ4n) is 2.10. The number of methoxy groups -OCH3 is 1. The molecule has 0 aromatic heterocycles. The number of sulfonamides is 1. The van der Waals surface area contributed by atoms with Crippen molar-refractivity contribution >= 4 is 16.0 Å². The summed E-state index contributed by atoms with van der Waals surface area (Å²) in [6, 6.07) is 5.78. The number of ether oxygens (including phenoxy) is 1. The zero-order valence-electron chi connectivity index (χ0n) is 11.1. The largest absolute Gasteiger partial charge is 0.481 e. The van der Waals surface area contributed by atoms with Gasteiger partial charge in [-0.15, -0.1) is 0 Å². The first-order valence-electron chi connectivity index (χ1n) is 6.26. The topological polar surface area (TPSA) is 92.7 Å². The lowest BCUT2D eigenvalue weighted by molar-refractivity contribution is -0.136. The normalized spacial score (nSPS) is 22.2. The average Bonchev–Trinajstić information content (AvgIpc) is 2.33. The van der Waals surface area contributed by atoms with Crippen molar-refractivity contribution in [2.24, 2.45) is 0 Å². The molecule has 7 heteroatoms. The number of rotatable bonds is 6. The first-order valence-corrected chi connectivity index (χ1v) is 7.75. The van der Waals surface area contributed by atoms with Crippen molar-refractivity contribution in [2.75, 3.05) is 7.11 Å². The van der Waals surface area contributed by atoms with Crippen molar-refractivity contribution in [3.63, 3.8) is 0 Å². The van der Waals surface area contributed by atoms with E-state index in [1.54, 1.807) is 7.11 Å². The van der Waals surface area contributed by atoms with Gasteiger partial charge in [-0.05, 0) is 30.5 Å². The zero-order chi connectivity index (χ0) is 14.8. The number of carbonyl (C=O) groups is 1. The summed E-state index contributed by atoms with van der Waals surface area (Å²) in [6.45, 7) is 0. The molecule has 1 aliphatic carbocycles. The Hall–Kier alpha value is -1.44. The predicted molar refractivity (Wildman–Crippen MR) is 71.9 cm³/mol. The SMILES string of the molecule is COC1CC(NS(=O)(=O)c2ccc(CC(=O)O)cc2)C1. The molecule has 1 aliphatic rings. The van der Waals surface area contributed by atoms with Crippen LogP contribution in [0.3, 0.4) is 0 Å². The zero-order valence-corrected chi connectivity index (χ0v) is 11.9. The summed E-state index contributed by atoms with van der Waals surface area (Å²) in [7, 11) is -1.94. The number of nitrogens with one attached hydrogen (secondary N) is 1. The van der Waals surface area contributed by atoms with Crippen LogP contribution >= 0.6 is 0 Å². The van der Waals surface area contributed by atoms with Crippen LogP contribution in [0.25, 0.3) is 0 Å². The van der Waals surface area contributed by atoms with E-state index in [-0.39, 0.29) is 23.5 Å². The minimum absolute atomic E-state index is 0.0938. The molecule has 0 aliphatic heterocycles. The Bertz CT molecular complexity index is 575. The summed E-state index contributed by atoms with van der Waals surface area (Å²) in [5.41, 5.74) is 0.569. The number of hydrogen-bond donors (Lipinski definition) is 2. The van der Waals surface area contributed by atoms with Crippen LogP contribution in [0.1, 0.15) is 18.4 Å². The maximum absolute atomic E-state index is 12.1. The molecule has 0 spiro atoms. The molecule has 0 amide bonds. The second-order valence-electron chi connectivity index (χ2n) is 4.86. The molecule has 2 N–H and O–H groups in total. The Kier molecular flexibility index (Phi) is 4.42. The van der Waals surface area contributed by atoms with Crippen LogP contribution in [0, 0.1) is 0 Å². The van der Waals surface area contributed by atoms with Crippen LogP contribution in [0.15, 0.2) is 29.2 Å². The van der Waals surface area contributed by atoms with E-state index in [9.17, 15) is 13.2 Å². The van der Waals surface area contributed by atoms with Crippen molar-refractivity contribution in [3.8, 4) is 0 Å². The molecule has 1 aromatic carbocycles. The lowest BCUT2D eigenvalue weighted by atomic mass is 9.90. The highest BCUT2D eigenvalue weighted by atomic mass is 32.2.